The first-order valence-corrected chi connectivity index (χ1v) is 5.00. The Morgan fingerprint density at radius 1 is 1.50 bits per heavy atom. The van der Waals surface area contributed by atoms with Crippen LogP contribution in [0.2, 0.25) is 0 Å². The molecule has 0 aromatic carbocycles. The Morgan fingerprint density at radius 3 is 2.86 bits per heavy atom. The van der Waals surface area contributed by atoms with Crippen molar-refractivity contribution in [2.24, 2.45) is 11.8 Å². The summed E-state index contributed by atoms with van der Waals surface area (Å²) in [7, 11) is 0. The highest BCUT2D eigenvalue weighted by atomic mass is 16.6. The quantitative estimate of drug-likeness (QED) is 0.469. The highest BCUT2D eigenvalue weighted by Crippen LogP contribution is 2.40. The molecule has 0 bridgehead atoms. The number of hydrogen-bond donors (Lipinski definition) is 0. The van der Waals surface area contributed by atoms with Gasteiger partial charge < -0.3 is 4.74 Å². The highest BCUT2D eigenvalue weighted by molar-refractivity contribution is 5.91. The number of ether oxygens (including phenoxy) is 1. The first-order chi connectivity index (χ1) is 6.59. The Morgan fingerprint density at radius 2 is 2.21 bits per heavy atom. The predicted octanol–water partition coefficient (Wildman–Crippen LogP) is 1.47. The maximum atomic E-state index is 11.2. The molecule has 2 fully saturated rings. The average molecular weight is 194 g/mol. The van der Waals surface area contributed by atoms with E-state index in [1.165, 1.54) is 0 Å². The van der Waals surface area contributed by atoms with Gasteiger partial charge in [0.25, 0.3) is 0 Å². The van der Waals surface area contributed by atoms with Crippen LogP contribution in [0.5, 0.6) is 0 Å². The predicted molar refractivity (Wildman–Crippen MR) is 50.5 cm³/mol. The van der Waals surface area contributed by atoms with Crippen LogP contribution in [0.3, 0.4) is 0 Å². The van der Waals surface area contributed by atoms with Crippen LogP contribution < -0.4 is 0 Å². The van der Waals surface area contributed by atoms with Crippen LogP contribution in [0.25, 0.3) is 0 Å². The van der Waals surface area contributed by atoms with E-state index in [9.17, 15) is 9.59 Å². The van der Waals surface area contributed by atoms with Crippen LogP contribution in [-0.2, 0) is 14.3 Å². The van der Waals surface area contributed by atoms with Crippen molar-refractivity contribution >= 4 is 11.8 Å². The van der Waals surface area contributed by atoms with Gasteiger partial charge in [-0.2, -0.15) is 0 Å². The summed E-state index contributed by atoms with van der Waals surface area (Å²) < 4.78 is 5.16. The average Bonchev–Trinajstić information content (AvgIpc) is 2.43. The molecule has 0 radical (unpaired) electrons. The number of fused-ring (bicyclic) bond motifs is 1. The maximum Gasteiger partial charge on any atom is 0.334 e. The van der Waals surface area contributed by atoms with Gasteiger partial charge in [0.1, 0.15) is 11.9 Å². The van der Waals surface area contributed by atoms with E-state index in [1.807, 2.05) is 0 Å². The summed E-state index contributed by atoms with van der Waals surface area (Å²) >= 11 is 0. The fraction of sp³-hybridized carbons (Fsp3) is 0.636. The lowest BCUT2D eigenvalue weighted by Gasteiger charge is -2.28. The number of Topliss-reactive ketones (excluding diaryl/α,β-unsaturated/α-hetero) is 1. The molecular formula is C11H14O3. The molecule has 2 aliphatic rings. The Hall–Kier alpha value is -1.12. The van der Waals surface area contributed by atoms with Gasteiger partial charge in [-0.25, -0.2) is 4.79 Å². The lowest BCUT2D eigenvalue weighted by atomic mass is 9.76. The molecule has 0 N–H and O–H groups in total. The van der Waals surface area contributed by atoms with Gasteiger partial charge in [0.05, 0.1) is 0 Å². The van der Waals surface area contributed by atoms with E-state index in [-0.39, 0.29) is 29.7 Å². The van der Waals surface area contributed by atoms with Gasteiger partial charge in [-0.3, -0.25) is 4.79 Å². The second-order valence-electron chi connectivity index (χ2n) is 4.20. The smallest absolute Gasteiger partial charge is 0.334 e. The molecule has 0 amide bonds. The molecule has 0 spiro atoms. The number of carbonyl (C=O) groups is 2. The third kappa shape index (κ3) is 1.37. The molecule has 3 heteroatoms. The van der Waals surface area contributed by atoms with E-state index < -0.39 is 0 Å². The van der Waals surface area contributed by atoms with Crippen LogP contribution in [0.15, 0.2) is 12.2 Å². The summed E-state index contributed by atoms with van der Waals surface area (Å²) in [6, 6.07) is 0. The van der Waals surface area contributed by atoms with E-state index >= 15 is 0 Å². The largest absolute Gasteiger partial charge is 0.458 e. The normalized spacial score (nSPS) is 36.5. The van der Waals surface area contributed by atoms with Gasteiger partial charge in [-0.1, -0.05) is 6.58 Å². The Labute approximate surface area is 83.1 Å². The lowest BCUT2D eigenvalue weighted by Crippen LogP contribution is -2.29. The molecule has 1 saturated carbocycles. The Balaban J connectivity index is 2.12. The molecule has 3 atom stereocenters. The van der Waals surface area contributed by atoms with Crippen molar-refractivity contribution in [2.45, 2.75) is 32.3 Å². The van der Waals surface area contributed by atoms with Crippen LogP contribution >= 0.6 is 0 Å². The fourth-order valence-electron chi connectivity index (χ4n) is 2.38. The molecule has 76 valence electrons. The van der Waals surface area contributed by atoms with E-state index in [0.717, 1.165) is 19.3 Å². The third-order valence-corrected chi connectivity index (χ3v) is 3.33. The zero-order valence-corrected chi connectivity index (χ0v) is 8.29. The van der Waals surface area contributed by atoms with Crippen molar-refractivity contribution in [3.63, 3.8) is 0 Å². The minimum absolute atomic E-state index is 0.00870. The van der Waals surface area contributed by atoms with E-state index in [4.69, 9.17) is 4.74 Å². The van der Waals surface area contributed by atoms with E-state index in [0.29, 0.717) is 5.57 Å². The van der Waals surface area contributed by atoms with Gasteiger partial charge >= 0.3 is 5.97 Å². The highest BCUT2D eigenvalue weighted by Gasteiger charge is 2.43. The molecule has 1 heterocycles. The number of carbonyl (C=O) groups excluding carboxylic acids is 2. The standard InChI is InChI=1S/C11H14O3/c1-6-9-5-8(7(2)12)3-4-10(9)14-11(6)13/h8-10H,1,3-5H2,2H3. The first-order valence-electron chi connectivity index (χ1n) is 5.00. The molecule has 0 aromatic heterocycles. The molecule has 1 aliphatic carbocycles. The second kappa shape index (κ2) is 3.23. The van der Waals surface area contributed by atoms with Crippen molar-refractivity contribution < 1.29 is 14.3 Å². The summed E-state index contributed by atoms with van der Waals surface area (Å²) in [6.45, 7) is 5.34. The third-order valence-electron chi connectivity index (χ3n) is 3.33. The molecule has 1 aliphatic heterocycles. The molecule has 14 heavy (non-hydrogen) atoms. The van der Waals surface area contributed by atoms with Crippen molar-refractivity contribution in [1.82, 2.24) is 0 Å². The van der Waals surface area contributed by atoms with E-state index in [1.54, 1.807) is 6.92 Å². The summed E-state index contributed by atoms with van der Waals surface area (Å²) in [4.78, 5) is 22.4. The van der Waals surface area contributed by atoms with Crippen molar-refractivity contribution in [3.05, 3.63) is 12.2 Å². The second-order valence-corrected chi connectivity index (χ2v) is 4.20. The number of rotatable bonds is 1. The number of hydrogen-bond acceptors (Lipinski definition) is 3. The summed E-state index contributed by atoms with van der Waals surface area (Å²) in [6.07, 6.45) is 2.38. The Kier molecular flexibility index (Phi) is 2.17. The van der Waals surface area contributed by atoms with E-state index in [2.05, 4.69) is 6.58 Å². The van der Waals surface area contributed by atoms with Gasteiger partial charge in [0.15, 0.2) is 0 Å². The van der Waals surface area contributed by atoms with Crippen LogP contribution in [0.1, 0.15) is 26.2 Å². The molecule has 3 nitrogen and oxygen atoms in total. The summed E-state index contributed by atoms with van der Waals surface area (Å²) in [5.41, 5.74) is 0.556. The number of esters is 1. The van der Waals surface area contributed by atoms with Gasteiger partial charge in [-0.05, 0) is 26.2 Å². The van der Waals surface area contributed by atoms with Crippen molar-refractivity contribution in [1.29, 1.82) is 0 Å². The topological polar surface area (TPSA) is 43.4 Å². The zero-order valence-electron chi connectivity index (χ0n) is 8.29. The lowest BCUT2D eigenvalue weighted by molar-refractivity contribution is -0.140. The monoisotopic (exact) mass is 194 g/mol. The minimum atomic E-state index is -0.274. The van der Waals surface area contributed by atoms with Gasteiger partial charge in [0.2, 0.25) is 0 Å². The number of ketones is 1. The summed E-state index contributed by atoms with van der Waals surface area (Å²) in [5.74, 6) is 0.132. The minimum Gasteiger partial charge on any atom is -0.458 e. The SMILES string of the molecule is C=C1C(=O)OC2CCC(C(C)=O)CC12. The van der Waals surface area contributed by atoms with Gasteiger partial charge in [-0.15, -0.1) is 0 Å². The van der Waals surface area contributed by atoms with Crippen molar-refractivity contribution in [2.75, 3.05) is 0 Å². The first kappa shape index (κ1) is 9.44. The Bertz CT molecular complexity index is 306. The van der Waals surface area contributed by atoms with Crippen LogP contribution in [0.4, 0.5) is 0 Å². The zero-order chi connectivity index (χ0) is 10.3. The molecular weight excluding hydrogens is 180 g/mol. The molecule has 0 aromatic rings. The fourth-order valence-corrected chi connectivity index (χ4v) is 2.38. The van der Waals surface area contributed by atoms with Crippen LogP contribution in [0, 0.1) is 11.8 Å². The van der Waals surface area contributed by atoms with Crippen molar-refractivity contribution in [3.8, 4) is 0 Å². The van der Waals surface area contributed by atoms with Crippen LogP contribution in [-0.4, -0.2) is 17.9 Å². The molecule has 1 saturated heterocycles. The summed E-state index contributed by atoms with van der Waals surface area (Å²) in [5, 5.41) is 0. The molecule has 2 rings (SSSR count). The van der Waals surface area contributed by atoms with Gasteiger partial charge in [0, 0.05) is 17.4 Å². The molecule has 3 unspecified atom stereocenters. The maximum absolute atomic E-state index is 11.2.